The number of halogens is 3. The standard InChI is InChI=1S/C28H23F3N4/c29-28(30,31)22-9-7-19(8-10-22)26-34-25-24(21-6-5-18-3-1-2-4-20(18)17-21)13-16-33-27(25)35(26)23-11-14-32-15-12-23/h1-10,13,16-17,23,32H,11-12,14-15H2. The molecule has 3 aromatic carbocycles. The number of aromatic nitrogens is 3. The number of nitrogens with zero attached hydrogens (tertiary/aromatic N) is 3. The molecule has 1 N–H and O–H groups in total. The molecule has 0 amide bonds. The maximum Gasteiger partial charge on any atom is 0.416 e. The third-order valence-corrected chi connectivity index (χ3v) is 6.78. The molecule has 2 aromatic heterocycles. The van der Waals surface area contributed by atoms with Crippen molar-refractivity contribution in [2.75, 3.05) is 13.1 Å². The number of fused-ring (bicyclic) bond motifs is 2. The van der Waals surface area contributed by atoms with Gasteiger partial charge in [0.1, 0.15) is 11.3 Å². The van der Waals surface area contributed by atoms with Crippen LogP contribution in [-0.2, 0) is 6.18 Å². The van der Waals surface area contributed by atoms with E-state index in [1.165, 1.54) is 12.1 Å². The summed E-state index contributed by atoms with van der Waals surface area (Å²) in [5.74, 6) is 0.654. The Balaban J connectivity index is 1.55. The van der Waals surface area contributed by atoms with Gasteiger partial charge >= 0.3 is 6.18 Å². The average molecular weight is 473 g/mol. The molecule has 0 saturated carbocycles. The van der Waals surface area contributed by atoms with Gasteiger partial charge in [-0.3, -0.25) is 0 Å². The molecule has 0 unspecified atom stereocenters. The van der Waals surface area contributed by atoms with Gasteiger partial charge in [0.05, 0.1) is 5.56 Å². The van der Waals surface area contributed by atoms with Gasteiger partial charge in [0.15, 0.2) is 5.65 Å². The first-order valence-corrected chi connectivity index (χ1v) is 11.7. The zero-order valence-electron chi connectivity index (χ0n) is 18.9. The lowest BCUT2D eigenvalue weighted by Crippen LogP contribution is -2.29. The van der Waals surface area contributed by atoms with Crippen molar-refractivity contribution in [2.24, 2.45) is 0 Å². The van der Waals surface area contributed by atoms with Crippen LogP contribution >= 0.6 is 0 Å². The molecule has 176 valence electrons. The summed E-state index contributed by atoms with van der Waals surface area (Å²) in [5.41, 5.74) is 3.50. The molecule has 0 atom stereocenters. The number of alkyl halides is 3. The molecule has 7 heteroatoms. The Kier molecular flexibility index (Phi) is 5.29. The summed E-state index contributed by atoms with van der Waals surface area (Å²) in [5, 5.41) is 5.68. The van der Waals surface area contributed by atoms with Gasteiger partial charge in [-0.2, -0.15) is 13.2 Å². The molecule has 0 spiro atoms. The SMILES string of the molecule is FC(F)(F)c1ccc(-c2nc3c(-c4ccc5ccccc5c4)ccnc3n2C2CCNCC2)cc1. The zero-order valence-corrected chi connectivity index (χ0v) is 18.9. The Labute approximate surface area is 200 Å². The maximum absolute atomic E-state index is 13.2. The number of imidazole rings is 1. The van der Waals surface area contributed by atoms with Crippen LogP contribution in [0.3, 0.4) is 0 Å². The number of rotatable bonds is 3. The van der Waals surface area contributed by atoms with Crippen LogP contribution in [0.1, 0.15) is 24.4 Å². The number of nitrogens with one attached hydrogen (secondary N) is 1. The van der Waals surface area contributed by atoms with E-state index in [0.29, 0.717) is 11.4 Å². The number of hydrogen-bond donors (Lipinski definition) is 1. The van der Waals surface area contributed by atoms with E-state index >= 15 is 0 Å². The Morgan fingerprint density at radius 1 is 0.829 bits per heavy atom. The van der Waals surface area contributed by atoms with Gasteiger partial charge < -0.3 is 9.88 Å². The molecule has 0 radical (unpaired) electrons. The molecule has 6 rings (SSSR count). The first-order valence-electron chi connectivity index (χ1n) is 11.7. The molecule has 4 nitrogen and oxygen atoms in total. The molecule has 3 heterocycles. The van der Waals surface area contributed by atoms with Gasteiger partial charge in [-0.05, 0) is 66.5 Å². The highest BCUT2D eigenvalue weighted by Gasteiger charge is 2.31. The quantitative estimate of drug-likeness (QED) is 0.312. The lowest BCUT2D eigenvalue weighted by molar-refractivity contribution is -0.137. The highest BCUT2D eigenvalue weighted by Crippen LogP contribution is 2.37. The summed E-state index contributed by atoms with van der Waals surface area (Å²) in [4.78, 5) is 9.71. The fourth-order valence-corrected chi connectivity index (χ4v) is 5.00. The van der Waals surface area contributed by atoms with E-state index in [-0.39, 0.29) is 6.04 Å². The predicted octanol–water partition coefficient (Wildman–Crippen LogP) is 6.86. The molecular weight excluding hydrogens is 449 g/mol. The predicted molar refractivity (Wildman–Crippen MR) is 132 cm³/mol. The summed E-state index contributed by atoms with van der Waals surface area (Å²) in [7, 11) is 0. The van der Waals surface area contributed by atoms with Gasteiger partial charge in [-0.15, -0.1) is 0 Å². The summed E-state index contributed by atoms with van der Waals surface area (Å²) in [6.45, 7) is 1.75. The van der Waals surface area contributed by atoms with Crippen molar-refractivity contribution in [3.05, 3.63) is 84.6 Å². The molecule has 35 heavy (non-hydrogen) atoms. The normalized spacial score (nSPS) is 15.2. The summed E-state index contributed by atoms with van der Waals surface area (Å²) in [6.07, 6.45) is -0.775. The minimum Gasteiger partial charge on any atom is -0.317 e. The molecule has 1 saturated heterocycles. The highest BCUT2D eigenvalue weighted by molar-refractivity contribution is 5.95. The Morgan fingerprint density at radius 2 is 1.54 bits per heavy atom. The topological polar surface area (TPSA) is 42.7 Å². The number of piperidine rings is 1. The molecule has 0 aliphatic carbocycles. The monoisotopic (exact) mass is 472 g/mol. The number of pyridine rings is 1. The maximum atomic E-state index is 13.2. The van der Waals surface area contributed by atoms with Gasteiger partial charge in [-0.25, -0.2) is 9.97 Å². The first-order chi connectivity index (χ1) is 17.0. The minimum absolute atomic E-state index is 0.165. The lowest BCUT2D eigenvalue weighted by atomic mass is 10.0. The van der Waals surface area contributed by atoms with Crippen molar-refractivity contribution in [3.63, 3.8) is 0 Å². The summed E-state index contributed by atoms with van der Waals surface area (Å²) >= 11 is 0. The van der Waals surface area contributed by atoms with Gasteiger partial charge in [0.25, 0.3) is 0 Å². The fourth-order valence-electron chi connectivity index (χ4n) is 5.00. The Bertz CT molecular complexity index is 1510. The number of benzene rings is 3. The Hall–Kier alpha value is -3.71. The van der Waals surface area contributed by atoms with Crippen LogP contribution in [0, 0.1) is 0 Å². The lowest BCUT2D eigenvalue weighted by Gasteiger charge is -2.26. The van der Waals surface area contributed by atoms with Crippen molar-refractivity contribution in [2.45, 2.75) is 25.1 Å². The van der Waals surface area contributed by atoms with Crippen LogP contribution in [0.15, 0.2) is 79.0 Å². The summed E-state index contributed by atoms with van der Waals surface area (Å²) < 4.78 is 41.6. The Morgan fingerprint density at radius 3 is 2.29 bits per heavy atom. The van der Waals surface area contributed by atoms with E-state index in [4.69, 9.17) is 9.97 Å². The molecule has 0 bridgehead atoms. The molecule has 5 aromatic rings. The molecule has 1 aliphatic heterocycles. The second kappa shape index (κ2) is 8.50. The second-order valence-corrected chi connectivity index (χ2v) is 8.95. The van der Waals surface area contributed by atoms with Crippen LogP contribution in [0.5, 0.6) is 0 Å². The van der Waals surface area contributed by atoms with Crippen LogP contribution < -0.4 is 5.32 Å². The van der Waals surface area contributed by atoms with E-state index < -0.39 is 11.7 Å². The van der Waals surface area contributed by atoms with Crippen LogP contribution in [0.25, 0.3) is 44.5 Å². The summed E-state index contributed by atoms with van der Waals surface area (Å²) in [6, 6.07) is 21.9. The highest BCUT2D eigenvalue weighted by atomic mass is 19.4. The second-order valence-electron chi connectivity index (χ2n) is 8.95. The fraction of sp³-hybridized carbons (Fsp3) is 0.214. The third kappa shape index (κ3) is 3.96. The smallest absolute Gasteiger partial charge is 0.317 e. The van der Waals surface area contributed by atoms with E-state index in [1.807, 2.05) is 18.2 Å². The third-order valence-electron chi connectivity index (χ3n) is 6.78. The van der Waals surface area contributed by atoms with E-state index in [1.54, 1.807) is 6.20 Å². The van der Waals surface area contributed by atoms with Crippen molar-refractivity contribution in [3.8, 4) is 22.5 Å². The zero-order chi connectivity index (χ0) is 24.0. The average Bonchev–Trinajstić information content (AvgIpc) is 3.28. The van der Waals surface area contributed by atoms with E-state index in [9.17, 15) is 13.2 Å². The van der Waals surface area contributed by atoms with Crippen LogP contribution in [0.4, 0.5) is 13.2 Å². The largest absolute Gasteiger partial charge is 0.416 e. The van der Waals surface area contributed by atoms with Crippen molar-refractivity contribution >= 4 is 21.9 Å². The first kappa shape index (κ1) is 21.8. The molecular formula is C28H23F3N4. The molecule has 1 aliphatic rings. The van der Waals surface area contributed by atoms with Crippen LogP contribution in [0.2, 0.25) is 0 Å². The van der Waals surface area contributed by atoms with E-state index in [2.05, 4.69) is 40.2 Å². The van der Waals surface area contributed by atoms with Crippen molar-refractivity contribution < 1.29 is 13.2 Å². The number of hydrogen-bond acceptors (Lipinski definition) is 3. The van der Waals surface area contributed by atoms with E-state index in [0.717, 1.165) is 71.1 Å². The van der Waals surface area contributed by atoms with Gasteiger partial charge in [0, 0.05) is 23.4 Å². The molecule has 1 fully saturated rings. The van der Waals surface area contributed by atoms with Crippen molar-refractivity contribution in [1.82, 2.24) is 19.9 Å². The minimum atomic E-state index is -4.38. The van der Waals surface area contributed by atoms with Crippen LogP contribution in [-0.4, -0.2) is 27.6 Å². The van der Waals surface area contributed by atoms with Gasteiger partial charge in [0.2, 0.25) is 0 Å². The van der Waals surface area contributed by atoms with Gasteiger partial charge in [-0.1, -0.05) is 48.5 Å². The van der Waals surface area contributed by atoms with Crippen molar-refractivity contribution in [1.29, 1.82) is 0 Å².